The van der Waals surface area contributed by atoms with Crippen LogP contribution in [-0.4, -0.2) is 17.1 Å². The van der Waals surface area contributed by atoms with Gasteiger partial charge in [0.25, 0.3) is 0 Å². The average Bonchev–Trinajstić information content (AvgIpc) is 2.39. The second-order valence-corrected chi connectivity index (χ2v) is 7.68. The van der Waals surface area contributed by atoms with Crippen LogP contribution in [0.3, 0.4) is 0 Å². The number of nitrogens with zero attached hydrogens (tertiary/aromatic N) is 1. The van der Waals surface area contributed by atoms with Gasteiger partial charge in [0.1, 0.15) is 0 Å². The summed E-state index contributed by atoms with van der Waals surface area (Å²) in [6, 6.07) is 1.41. The fourth-order valence-electron chi connectivity index (χ4n) is 2.49. The van der Waals surface area contributed by atoms with Gasteiger partial charge in [-0.2, -0.15) is 0 Å². The fraction of sp³-hybridized carbons (Fsp3) is 0.526. The molecule has 0 amide bonds. The number of nitrogens with one attached hydrogen (secondary N) is 2. The van der Waals surface area contributed by atoms with E-state index in [0.717, 1.165) is 12.1 Å². The highest BCUT2D eigenvalue weighted by molar-refractivity contribution is 5.63. The number of aromatic nitrogens is 1. The van der Waals surface area contributed by atoms with E-state index in [0.29, 0.717) is 17.0 Å². The van der Waals surface area contributed by atoms with E-state index < -0.39 is 5.82 Å². The van der Waals surface area contributed by atoms with E-state index in [2.05, 4.69) is 49.5 Å². The van der Waals surface area contributed by atoms with Crippen LogP contribution in [0.2, 0.25) is 0 Å². The van der Waals surface area contributed by atoms with Crippen LogP contribution in [0.15, 0.2) is 24.9 Å². The van der Waals surface area contributed by atoms with Gasteiger partial charge in [0.05, 0.1) is 0 Å². The van der Waals surface area contributed by atoms with E-state index in [4.69, 9.17) is 5.73 Å². The number of rotatable bonds is 7. The summed E-state index contributed by atoms with van der Waals surface area (Å²) >= 11 is 0. The third-order valence-electron chi connectivity index (χ3n) is 3.80. The van der Waals surface area contributed by atoms with Crippen molar-refractivity contribution < 1.29 is 4.39 Å². The second kappa shape index (κ2) is 7.69. The molecule has 24 heavy (non-hydrogen) atoms. The molecular formula is C19H31FN4. The first kappa shape index (κ1) is 20.0. The van der Waals surface area contributed by atoms with Crippen molar-refractivity contribution in [3.05, 3.63) is 42.0 Å². The fourth-order valence-corrected chi connectivity index (χ4v) is 2.49. The molecule has 0 saturated carbocycles. The zero-order chi connectivity index (χ0) is 18.7. The Balaban J connectivity index is 2.77. The van der Waals surface area contributed by atoms with Crippen LogP contribution in [0.25, 0.3) is 5.70 Å². The molecular weight excluding hydrogens is 303 g/mol. The molecule has 0 fully saturated rings. The molecule has 0 radical (unpaired) electrons. The monoisotopic (exact) mass is 334 g/mol. The number of pyridine rings is 1. The van der Waals surface area contributed by atoms with Gasteiger partial charge in [0.15, 0.2) is 11.6 Å². The smallest absolute Gasteiger partial charge is 0.166 e. The predicted molar refractivity (Wildman–Crippen MR) is 101 cm³/mol. The predicted octanol–water partition coefficient (Wildman–Crippen LogP) is 4.19. The highest BCUT2D eigenvalue weighted by Crippen LogP contribution is 2.23. The molecule has 0 aromatic carbocycles. The number of hydrogen-bond acceptors (Lipinski definition) is 4. The van der Waals surface area contributed by atoms with Crippen LogP contribution in [-0.2, 0) is 0 Å². The number of nitrogens with two attached hydrogens (primary N) is 1. The number of halogens is 1. The van der Waals surface area contributed by atoms with Crippen LogP contribution in [0, 0.1) is 18.2 Å². The maximum atomic E-state index is 14.2. The first-order chi connectivity index (χ1) is 10.9. The minimum absolute atomic E-state index is 0.0324. The molecule has 0 aliphatic rings. The number of anilines is 1. The van der Waals surface area contributed by atoms with Crippen LogP contribution in [0.4, 0.5) is 10.2 Å². The highest BCUT2D eigenvalue weighted by Gasteiger charge is 2.18. The molecule has 0 aliphatic carbocycles. The molecule has 1 aromatic heterocycles. The third kappa shape index (κ3) is 5.87. The van der Waals surface area contributed by atoms with E-state index in [1.54, 1.807) is 6.92 Å². The molecule has 4 nitrogen and oxygen atoms in total. The molecule has 0 saturated heterocycles. The Labute approximate surface area is 145 Å². The van der Waals surface area contributed by atoms with Gasteiger partial charge in [-0.25, -0.2) is 9.37 Å². The molecule has 0 bridgehead atoms. The molecule has 2 atom stereocenters. The van der Waals surface area contributed by atoms with Gasteiger partial charge in [-0.1, -0.05) is 33.9 Å². The summed E-state index contributed by atoms with van der Waals surface area (Å²) in [5, 5.41) is 6.50. The van der Waals surface area contributed by atoms with Gasteiger partial charge in [-0.05, 0) is 38.7 Å². The maximum absolute atomic E-state index is 14.2. The molecule has 134 valence electrons. The van der Waals surface area contributed by atoms with Gasteiger partial charge in [-0.15, -0.1) is 0 Å². The molecule has 4 N–H and O–H groups in total. The molecule has 0 aliphatic heterocycles. The summed E-state index contributed by atoms with van der Waals surface area (Å²) in [5.74, 6) is -0.213. The number of aryl methyl sites for hydroxylation is 1. The normalized spacial score (nSPS) is 14.0. The van der Waals surface area contributed by atoms with Crippen molar-refractivity contribution in [1.29, 1.82) is 0 Å². The molecule has 0 spiro atoms. The Morgan fingerprint density at radius 3 is 2.38 bits per heavy atom. The third-order valence-corrected chi connectivity index (χ3v) is 3.80. The largest absolute Gasteiger partial charge is 0.399 e. The first-order valence-electron chi connectivity index (χ1n) is 8.23. The van der Waals surface area contributed by atoms with E-state index in [-0.39, 0.29) is 23.3 Å². The average molecular weight is 334 g/mol. The van der Waals surface area contributed by atoms with Gasteiger partial charge in [0.2, 0.25) is 0 Å². The Kier molecular flexibility index (Phi) is 6.41. The molecule has 1 heterocycles. The summed E-state index contributed by atoms with van der Waals surface area (Å²) in [4.78, 5) is 4.28. The van der Waals surface area contributed by atoms with Crippen LogP contribution < -0.4 is 16.4 Å². The summed E-state index contributed by atoms with van der Waals surface area (Å²) < 4.78 is 14.2. The maximum Gasteiger partial charge on any atom is 0.166 e. The highest BCUT2D eigenvalue weighted by atomic mass is 19.1. The van der Waals surface area contributed by atoms with Crippen molar-refractivity contribution in [1.82, 2.24) is 10.3 Å². The summed E-state index contributed by atoms with van der Waals surface area (Å²) in [6.07, 6.45) is 0.878. The van der Waals surface area contributed by atoms with Crippen molar-refractivity contribution in [3.63, 3.8) is 0 Å². The second-order valence-electron chi connectivity index (χ2n) is 7.68. The lowest BCUT2D eigenvalue weighted by atomic mass is 9.90. The van der Waals surface area contributed by atoms with Crippen molar-refractivity contribution in [2.75, 3.05) is 5.32 Å². The van der Waals surface area contributed by atoms with Crippen LogP contribution >= 0.6 is 0 Å². The molecule has 1 aromatic rings. The number of hydrogen-bond donors (Lipinski definition) is 3. The first-order valence-corrected chi connectivity index (χ1v) is 8.23. The minimum Gasteiger partial charge on any atom is -0.399 e. The van der Waals surface area contributed by atoms with E-state index in [9.17, 15) is 4.39 Å². The molecule has 1 unspecified atom stereocenters. The topological polar surface area (TPSA) is 63.0 Å². The van der Waals surface area contributed by atoms with E-state index in [1.165, 1.54) is 6.07 Å². The van der Waals surface area contributed by atoms with Gasteiger partial charge >= 0.3 is 0 Å². The standard InChI is InChI=1S/C19H31FN4/c1-11(10-19(6,7)8)22-13(3)14(4)23-18-17(20)9-16(12(2)21)15(5)24-18/h9,13-14,22H,1-2,10,21H2,3-8H3,(H,23,24)/t13-,14?/m0/s1. The summed E-state index contributed by atoms with van der Waals surface area (Å²) in [6.45, 7) is 20.0. The number of allylic oxidation sites excluding steroid dienone is 1. The van der Waals surface area contributed by atoms with Gasteiger partial charge in [-0.3, -0.25) is 0 Å². The van der Waals surface area contributed by atoms with Crippen molar-refractivity contribution >= 4 is 11.5 Å². The van der Waals surface area contributed by atoms with Crippen LogP contribution in [0.1, 0.15) is 52.3 Å². The lowest BCUT2D eigenvalue weighted by Crippen LogP contribution is -2.40. The Bertz CT molecular complexity index is 617. The zero-order valence-corrected chi connectivity index (χ0v) is 15.8. The molecule has 5 heteroatoms. The minimum atomic E-state index is -0.435. The van der Waals surface area contributed by atoms with E-state index >= 15 is 0 Å². The summed E-state index contributed by atoms with van der Waals surface area (Å²) in [5.41, 5.74) is 8.29. The Morgan fingerprint density at radius 1 is 1.29 bits per heavy atom. The van der Waals surface area contributed by atoms with Crippen molar-refractivity contribution in [2.24, 2.45) is 11.1 Å². The Morgan fingerprint density at radius 2 is 1.88 bits per heavy atom. The van der Waals surface area contributed by atoms with Gasteiger partial charge < -0.3 is 16.4 Å². The van der Waals surface area contributed by atoms with Crippen molar-refractivity contribution in [3.8, 4) is 0 Å². The van der Waals surface area contributed by atoms with E-state index in [1.807, 2.05) is 13.8 Å². The lowest BCUT2D eigenvalue weighted by Gasteiger charge is -2.28. The SMILES string of the molecule is C=C(CC(C)(C)C)N[C@@H](C)C(C)Nc1nc(C)c(C(=C)N)cc1F. The summed E-state index contributed by atoms with van der Waals surface area (Å²) in [7, 11) is 0. The van der Waals surface area contributed by atoms with Crippen molar-refractivity contribution in [2.45, 2.75) is 60.0 Å². The quantitative estimate of drug-likeness (QED) is 0.700. The zero-order valence-electron chi connectivity index (χ0n) is 15.8. The van der Waals surface area contributed by atoms with Gasteiger partial charge in [0, 0.05) is 34.7 Å². The van der Waals surface area contributed by atoms with Crippen LogP contribution in [0.5, 0.6) is 0 Å². The Hall–Kier alpha value is -2.04. The molecule has 1 rings (SSSR count). The lowest BCUT2D eigenvalue weighted by molar-refractivity contribution is 0.388.